The molecule has 0 aliphatic rings. The molecular formula is C15H14N2O6. The Labute approximate surface area is 130 Å². The van der Waals surface area contributed by atoms with Crippen molar-refractivity contribution >= 4 is 11.8 Å². The summed E-state index contributed by atoms with van der Waals surface area (Å²) in [6.07, 6.45) is 0. The van der Waals surface area contributed by atoms with Crippen LogP contribution in [0, 0.1) is 0 Å². The van der Waals surface area contributed by atoms with E-state index < -0.39 is 22.9 Å². The SMILES string of the molecule is COc1ccc(OC)c(-n2nc(C(C)=O)cc(C(=O)O)c2=O)c1. The molecule has 120 valence electrons. The number of ketones is 1. The summed E-state index contributed by atoms with van der Waals surface area (Å²) in [6, 6.07) is 5.57. The summed E-state index contributed by atoms with van der Waals surface area (Å²) in [5.74, 6) is -1.23. The lowest BCUT2D eigenvalue weighted by atomic mass is 10.2. The zero-order valence-electron chi connectivity index (χ0n) is 12.7. The largest absolute Gasteiger partial charge is 0.497 e. The Hall–Kier alpha value is -3.16. The first-order chi connectivity index (χ1) is 10.9. The van der Waals surface area contributed by atoms with Gasteiger partial charge in [0.15, 0.2) is 5.78 Å². The van der Waals surface area contributed by atoms with Crippen LogP contribution >= 0.6 is 0 Å². The number of hydrogen-bond acceptors (Lipinski definition) is 6. The average molecular weight is 318 g/mol. The van der Waals surface area contributed by atoms with Gasteiger partial charge in [0.2, 0.25) is 0 Å². The summed E-state index contributed by atoms with van der Waals surface area (Å²) in [5.41, 5.74) is -1.42. The number of aromatic carboxylic acids is 1. The Morgan fingerprint density at radius 2 is 1.87 bits per heavy atom. The number of benzene rings is 1. The van der Waals surface area contributed by atoms with Crippen molar-refractivity contribution in [2.45, 2.75) is 6.92 Å². The maximum Gasteiger partial charge on any atom is 0.341 e. The molecule has 1 heterocycles. The number of carbonyl (C=O) groups is 2. The Balaban J connectivity index is 2.84. The van der Waals surface area contributed by atoms with Crippen molar-refractivity contribution < 1.29 is 24.2 Å². The molecule has 2 aromatic rings. The summed E-state index contributed by atoms with van der Waals surface area (Å²) in [5, 5.41) is 13.1. The number of carbonyl (C=O) groups excluding carboxylic acids is 1. The van der Waals surface area contributed by atoms with Gasteiger partial charge in [0.1, 0.15) is 28.4 Å². The molecule has 1 N–H and O–H groups in total. The first-order valence-corrected chi connectivity index (χ1v) is 6.50. The third-order valence-corrected chi connectivity index (χ3v) is 3.12. The van der Waals surface area contributed by atoms with Gasteiger partial charge in [0, 0.05) is 13.0 Å². The fraction of sp³-hybridized carbons (Fsp3) is 0.200. The third-order valence-electron chi connectivity index (χ3n) is 3.12. The quantitative estimate of drug-likeness (QED) is 0.824. The van der Waals surface area contributed by atoms with Gasteiger partial charge in [-0.1, -0.05) is 0 Å². The van der Waals surface area contributed by atoms with Crippen molar-refractivity contribution in [2.75, 3.05) is 14.2 Å². The lowest BCUT2D eigenvalue weighted by Crippen LogP contribution is -2.29. The Morgan fingerprint density at radius 3 is 2.39 bits per heavy atom. The maximum absolute atomic E-state index is 12.4. The molecule has 0 saturated carbocycles. The van der Waals surface area contributed by atoms with Crippen molar-refractivity contribution in [3.05, 3.63) is 45.9 Å². The smallest absolute Gasteiger partial charge is 0.341 e. The van der Waals surface area contributed by atoms with Gasteiger partial charge >= 0.3 is 5.97 Å². The van der Waals surface area contributed by atoms with E-state index in [1.807, 2.05) is 0 Å². The van der Waals surface area contributed by atoms with Crippen LogP contribution in [0.5, 0.6) is 11.5 Å². The Bertz CT molecular complexity index is 840. The number of rotatable bonds is 5. The molecule has 0 aliphatic heterocycles. The number of aromatic nitrogens is 2. The van der Waals surface area contributed by atoms with Crippen LogP contribution in [0.3, 0.4) is 0 Å². The monoisotopic (exact) mass is 318 g/mol. The van der Waals surface area contributed by atoms with Crippen molar-refractivity contribution in [2.24, 2.45) is 0 Å². The van der Waals surface area contributed by atoms with Crippen LogP contribution in [0.25, 0.3) is 5.69 Å². The number of carboxylic acids is 1. The summed E-state index contributed by atoms with van der Waals surface area (Å²) in [4.78, 5) is 35.2. The number of nitrogens with zero attached hydrogens (tertiary/aromatic N) is 2. The predicted octanol–water partition coefficient (Wildman–Crippen LogP) is 1.15. The minimum atomic E-state index is -1.45. The van der Waals surface area contributed by atoms with Gasteiger partial charge in [0.25, 0.3) is 5.56 Å². The minimum Gasteiger partial charge on any atom is -0.497 e. The number of methoxy groups -OCH3 is 2. The van der Waals surface area contributed by atoms with Crippen LogP contribution in [0.15, 0.2) is 29.1 Å². The van der Waals surface area contributed by atoms with Gasteiger partial charge in [-0.25, -0.2) is 4.79 Å². The lowest BCUT2D eigenvalue weighted by molar-refractivity contribution is 0.0694. The molecule has 8 heteroatoms. The van der Waals surface area contributed by atoms with Crippen LogP contribution in [0.2, 0.25) is 0 Å². The summed E-state index contributed by atoms with van der Waals surface area (Å²) in [7, 11) is 2.83. The molecule has 0 radical (unpaired) electrons. The summed E-state index contributed by atoms with van der Waals surface area (Å²) in [6.45, 7) is 1.23. The molecule has 0 atom stereocenters. The van der Waals surface area contributed by atoms with Gasteiger partial charge in [-0.3, -0.25) is 9.59 Å². The van der Waals surface area contributed by atoms with Gasteiger partial charge in [-0.2, -0.15) is 9.78 Å². The molecule has 0 unspecified atom stereocenters. The molecule has 0 spiro atoms. The molecule has 0 amide bonds. The van der Waals surface area contributed by atoms with E-state index in [4.69, 9.17) is 14.6 Å². The van der Waals surface area contributed by atoms with Gasteiger partial charge in [-0.05, 0) is 18.2 Å². The number of Topliss-reactive ketones (excluding diaryl/α,β-unsaturated/α-hetero) is 1. The summed E-state index contributed by atoms with van der Waals surface area (Å²) >= 11 is 0. The van der Waals surface area contributed by atoms with E-state index in [1.54, 1.807) is 12.1 Å². The average Bonchev–Trinajstić information content (AvgIpc) is 2.53. The topological polar surface area (TPSA) is 108 Å². The van der Waals surface area contributed by atoms with E-state index in [2.05, 4.69) is 5.10 Å². The second-order valence-corrected chi connectivity index (χ2v) is 4.56. The second-order valence-electron chi connectivity index (χ2n) is 4.56. The van der Waals surface area contributed by atoms with Gasteiger partial charge < -0.3 is 14.6 Å². The number of hydrogen-bond donors (Lipinski definition) is 1. The fourth-order valence-electron chi connectivity index (χ4n) is 1.95. The molecule has 0 fully saturated rings. The van der Waals surface area contributed by atoms with Crippen LogP contribution in [0.4, 0.5) is 0 Å². The highest BCUT2D eigenvalue weighted by Crippen LogP contribution is 2.26. The van der Waals surface area contributed by atoms with Gasteiger partial charge in [-0.15, -0.1) is 0 Å². The van der Waals surface area contributed by atoms with Crippen molar-refractivity contribution in [1.29, 1.82) is 0 Å². The zero-order chi connectivity index (χ0) is 17.1. The van der Waals surface area contributed by atoms with Crippen molar-refractivity contribution in [1.82, 2.24) is 9.78 Å². The van der Waals surface area contributed by atoms with Gasteiger partial charge in [0.05, 0.1) is 14.2 Å². The molecule has 23 heavy (non-hydrogen) atoms. The molecule has 1 aromatic carbocycles. The maximum atomic E-state index is 12.4. The number of ether oxygens (including phenoxy) is 2. The first kappa shape index (κ1) is 16.2. The standard InChI is InChI=1S/C15H14N2O6/c1-8(18)11-7-10(15(20)21)14(19)17(16-11)12-6-9(22-2)4-5-13(12)23-3/h4-7H,1-3H3,(H,20,21). The van der Waals surface area contributed by atoms with E-state index in [0.717, 1.165) is 10.7 Å². The van der Waals surface area contributed by atoms with E-state index in [9.17, 15) is 14.4 Å². The highest BCUT2D eigenvalue weighted by atomic mass is 16.5. The van der Waals surface area contributed by atoms with E-state index in [0.29, 0.717) is 5.75 Å². The lowest BCUT2D eigenvalue weighted by Gasteiger charge is -2.12. The third kappa shape index (κ3) is 3.05. The van der Waals surface area contributed by atoms with E-state index >= 15 is 0 Å². The highest BCUT2D eigenvalue weighted by molar-refractivity contribution is 5.95. The van der Waals surface area contributed by atoms with Crippen LogP contribution in [-0.2, 0) is 0 Å². The predicted molar refractivity (Wildman–Crippen MR) is 79.9 cm³/mol. The molecule has 8 nitrogen and oxygen atoms in total. The molecule has 0 aliphatic carbocycles. The van der Waals surface area contributed by atoms with E-state index in [1.165, 1.54) is 27.2 Å². The van der Waals surface area contributed by atoms with Crippen molar-refractivity contribution in [3.63, 3.8) is 0 Å². The fourth-order valence-corrected chi connectivity index (χ4v) is 1.95. The Morgan fingerprint density at radius 1 is 1.17 bits per heavy atom. The summed E-state index contributed by atoms with van der Waals surface area (Å²) < 4.78 is 11.1. The molecule has 1 aromatic heterocycles. The van der Waals surface area contributed by atoms with Crippen LogP contribution in [0.1, 0.15) is 27.8 Å². The normalized spacial score (nSPS) is 10.2. The Kier molecular flexibility index (Phi) is 4.44. The van der Waals surface area contributed by atoms with Crippen LogP contribution < -0.4 is 15.0 Å². The minimum absolute atomic E-state index is 0.146. The molecule has 0 bridgehead atoms. The van der Waals surface area contributed by atoms with E-state index in [-0.39, 0.29) is 17.1 Å². The number of carboxylic acid groups (broad SMARTS) is 1. The highest BCUT2D eigenvalue weighted by Gasteiger charge is 2.19. The van der Waals surface area contributed by atoms with Crippen molar-refractivity contribution in [3.8, 4) is 17.2 Å². The zero-order valence-corrected chi connectivity index (χ0v) is 12.7. The molecule has 0 saturated heterocycles. The molecular weight excluding hydrogens is 304 g/mol. The van der Waals surface area contributed by atoms with Crippen LogP contribution in [-0.4, -0.2) is 40.9 Å². The first-order valence-electron chi connectivity index (χ1n) is 6.50. The molecule has 2 rings (SSSR count). The second kappa shape index (κ2) is 6.30.